The van der Waals surface area contributed by atoms with Crippen molar-refractivity contribution in [1.29, 1.82) is 0 Å². The predicted molar refractivity (Wildman–Crippen MR) is 60.6 cm³/mol. The molecule has 0 unspecified atom stereocenters. The molecule has 0 aromatic carbocycles. The maximum absolute atomic E-state index is 11.4. The molecule has 0 saturated carbocycles. The lowest BCUT2D eigenvalue weighted by Crippen LogP contribution is -2.49. The molecule has 0 aromatic rings. The lowest BCUT2D eigenvalue weighted by molar-refractivity contribution is 0.117. The lowest BCUT2D eigenvalue weighted by Gasteiger charge is -2.34. The van der Waals surface area contributed by atoms with Crippen LogP contribution in [0.15, 0.2) is 0 Å². The van der Waals surface area contributed by atoms with Crippen molar-refractivity contribution in [3.8, 4) is 0 Å². The van der Waals surface area contributed by atoms with Crippen LogP contribution >= 0.6 is 24.8 Å². The topological polar surface area (TPSA) is 32.8 Å². The smallest absolute Gasteiger partial charge is 0.319 e. The molecule has 1 aliphatic rings. The normalized spacial score (nSPS) is 13.4. The van der Waals surface area contributed by atoms with Gasteiger partial charge in [-0.05, 0) is 6.42 Å². The van der Waals surface area contributed by atoms with Gasteiger partial charge in [-0.2, -0.15) is 0 Å². The second-order valence-electron chi connectivity index (χ2n) is 3.04. The van der Waals surface area contributed by atoms with Crippen LogP contribution in [0.1, 0.15) is 6.42 Å². The van der Waals surface area contributed by atoms with Gasteiger partial charge < -0.3 is 14.5 Å². The lowest BCUT2D eigenvalue weighted by atomic mass is 10.2. The third-order valence-corrected chi connectivity index (χ3v) is 2.08. The van der Waals surface area contributed by atoms with Crippen LogP contribution in [0.4, 0.5) is 4.79 Å². The molecule has 6 heteroatoms. The summed E-state index contributed by atoms with van der Waals surface area (Å²) >= 11 is 0. The third-order valence-electron chi connectivity index (χ3n) is 2.08. The average Bonchev–Trinajstić information content (AvgIpc) is 1.96. The van der Waals surface area contributed by atoms with E-state index in [4.69, 9.17) is 4.74 Å². The van der Waals surface area contributed by atoms with Crippen molar-refractivity contribution in [1.82, 2.24) is 9.80 Å². The van der Waals surface area contributed by atoms with Crippen LogP contribution in [0, 0.1) is 0 Å². The molecule has 2 amide bonds. The molecule has 1 aliphatic heterocycles. The minimum Gasteiger partial charge on any atom is -0.383 e. The zero-order valence-electron chi connectivity index (χ0n) is 8.56. The average molecular weight is 245 g/mol. The molecule has 0 spiro atoms. The first-order valence-electron chi connectivity index (χ1n) is 4.24. The first-order chi connectivity index (χ1) is 5.75. The van der Waals surface area contributed by atoms with Crippen LogP contribution in [0.3, 0.4) is 0 Å². The van der Waals surface area contributed by atoms with E-state index in [-0.39, 0.29) is 30.8 Å². The molecular weight excluding hydrogens is 227 g/mol. The zero-order valence-corrected chi connectivity index (χ0v) is 10.2. The van der Waals surface area contributed by atoms with Crippen LogP contribution in [-0.4, -0.2) is 56.2 Å². The fraction of sp³-hybridized carbons (Fsp3) is 0.875. The Labute approximate surface area is 97.4 Å². The van der Waals surface area contributed by atoms with Crippen LogP contribution < -0.4 is 0 Å². The number of likely N-dealkylation sites (tertiary alicyclic amines) is 1. The Hall–Kier alpha value is -0.190. The van der Waals surface area contributed by atoms with Gasteiger partial charge in [0.2, 0.25) is 0 Å². The molecule has 4 nitrogen and oxygen atoms in total. The molecular formula is C8H18Cl2N2O2. The van der Waals surface area contributed by atoms with E-state index >= 15 is 0 Å². The summed E-state index contributed by atoms with van der Waals surface area (Å²) in [4.78, 5) is 15.0. The number of nitrogens with zero attached hydrogens (tertiary/aromatic N) is 2. The molecule has 86 valence electrons. The molecule has 0 atom stereocenters. The predicted octanol–water partition coefficient (Wildman–Crippen LogP) is 1.23. The molecule has 1 fully saturated rings. The second-order valence-corrected chi connectivity index (χ2v) is 3.04. The van der Waals surface area contributed by atoms with Gasteiger partial charge in [-0.3, -0.25) is 0 Å². The van der Waals surface area contributed by atoms with Crippen LogP contribution in [0.2, 0.25) is 0 Å². The van der Waals surface area contributed by atoms with E-state index in [1.807, 2.05) is 4.90 Å². The fourth-order valence-electron chi connectivity index (χ4n) is 1.07. The highest BCUT2D eigenvalue weighted by Gasteiger charge is 2.22. The van der Waals surface area contributed by atoms with E-state index in [1.165, 1.54) is 0 Å². The number of ether oxygens (including phenoxy) is 1. The van der Waals surface area contributed by atoms with Gasteiger partial charge in [0.25, 0.3) is 0 Å². The number of rotatable bonds is 3. The Bertz CT molecular complexity index is 165. The number of likely N-dealkylation sites (N-methyl/N-ethyl adjacent to an activating group) is 1. The summed E-state index contributed by atoms with van der Waals surface area (Å²) in [7, 11) is 3.45. The van der Waals surface area contributed by atoms with Gasteiger partial charge in [0.15, 0.2) is 0 Å². The quantitative estimate of drug-likeness (QED) is 0.749. The van der Waals surface area contributed by atoms with Gasteiger partial charge in [-0.25, -0.2) is 4.79 Å². The standard InChI is InChI=1S/C8H16N2O2.2ClH/c1-9(6-7-12-2)8(11)10-4-3-5-10;;/h3-7H2,1-2H3;2*1H. The van der Waals surface area contributed by atoms with Gasteiger partial charge in [-0.1, -0.05) is 0 Å². The first-order valence-corrected chi connectivity index (χ1v) is 4.24. The largest absolute Gasteiger partial charge is 0.383 e. The number of halogens is 2. The van der Waals surface area contributed by atoms with E-state index in [9.17, 15) is 4.79 Å². The van der Waals surface area contributed by atoms with Gasteiger partial charge in [0.05, 0.1) is 6.61 Å². The summed E-state index contributed by atoms with van der Waals surface area (Å²) in [6.45, 7) is 3.11. The van der Waals surface area contributed by atoms with Gasteiger partial charge in [-0.15, -0.1) is 24.8 Å². The Balaban J connectivity index is 0. The van der Waals surface area contributed by atoms with Crippen molar-refractivity contribution in [3.63, 3.8) is 0 Å². The van der Waals surface area contributed by atoms with Crippen molar-refractivity contribution in [3.05, 3.63) is 0 Å². The number of hydrogen-bond acceptors (Lipinski definition) is 2. The Morgan fingerprint density at radius 3 is 2.36 bits per heavy atom. The molecule has 0 radical (unpaired) electrons. The molecule has 0 bridgehead atoms. The van der Waals surface area contributed by atoms with Crippen molar-refractivity contribution < 1.29 is 9.53 Å². The molecule has 1 heterocycles. The van der Waals surface area contributed by atoms with Crippen molar-refractivity contribution >= 4 is 30.8 Å². The minimum atomic E-state index is 0. The number of hydrogen-bond donors (Lipinski definition) is 0. The molecule has 1 saturated heterocycles. The number of carbonyl (C=O) groups is 1. The molecule has 0 aliphatic carbocycles. The van der Waals surface area contributed by atoms with Gasteiger partial charge in [0.1, 0.15) is 0 Å². The van der Waals surface area contributed by atoms with Crippen molar-refractivity contribution in [2.45, 2.75) is 6.42 Å². The fourth-order valence-corrected chi connectivity index (χ4v) is 1.07. The number of carbonyl (C=O) groups excluding carboxylic acids is 1. The molecule has 1 rings (SSSR count). The van der Waals surface area contributed by atoms with E-state index < -0.39 is 0 Å². The van der Waals surface area contributed by atoms with Gasteiger partial charge in [0, 0.05) is 33.8 Å². The summed E-state index contributed by atoms with van der Waals surface area (Å²) in [5.41, 5.74) is 0. The summed E-state index contributed by atoms with van der Waals surface area (Å²) in [6, 6.07) is 0.123. The highest BCUT2D eigenvalue weighted by atomic mass is 35.5. The second kappa shape index (κ2) is 8.15. The van der Waals surface area contributed by atoms with E-state index in [0.717, 1.165) is 19.5 Å². The molecule has 0 aromatic heterocycles. The molecule has 0 N–H and O–H groups in total. The highest BCUT2D eigenvalue weighted by molar-refractivity contribution is 5.85. The van der Waals surface area contributed by atoms with E-state index in [2.05, 4.69) is 0 Å². The monoisotopic (exact) mass is 244 g/mol. The van der Waals surface area contributed by atoms with E-state index in [0.29, 0.717) is 13.2 Å². The van der Waals surface area contributed by atoms with Gasteiger partial charge >= 0.3 is 6.03 Å². The minimum absolute atomic E-state index is 0. The SMILES string of the molecule is COCCN(C)C(=O)N1CCC1.Cl.Cl. The Kier molecular flexibility index (Phi) is 9.45. The zero-order chi connectivity index (χ0) is 8.97. The van der Waals surface area contributed by atoms with Crippen LogP contribution in [0.25, 0.3) is 0 Å². The maximum atomic E-state index is 11.4. The van der Waals surface area contributed by atoms with E-state index in [1.54, 1.807) is 19.1 Å². The molecule has 14 heavy (non-hydrogen) atoms. The highest BCUT2D eigenvalue weighted by Crippen LogP contribution is 2.08. The van der Waals surface area contributed by atoms with Crippen LogP contribution in [0.5, 0.6) is 0 Å². The summed E-state index contributed by atoms with van der Waals surface area (Å²) in [5.74, 6) is 0. The third kappa shape index (κ3) is 4.35. The maximum Gasteiger partial charge on any atom is 0.319 e. The number of amides is 2. The summed E-state index contributed by atoms with van der Waals surface area (Å²) in [6.07, 6.45) is 1.14. The number of urea groups is 1. The summed E-state index contributed by atoms with van der Waals surface area (Å²) < 4.78 is 4.88. The van der Waals surface area contributed by atoms with Crippen LogP contribution in [-0.2, 0) is 4.74 Å². The number of methoxy groups -OCH3 is 1. The van der Waals surface area contributed by atoms with Crippen molar-refractivity contribution in [2.75, 3.05) is 40.4 Å². The Morgan fingerprint density at radius 1 is 1.43 bits per heavy atom. The summed E-state index contributed by atoms with van der Waals surface area (Å²) in [5, 5.41) is 0. The first kappa shape index (κ1) is 16.2. The van der Waals surface area contributed by atoms with Crippen molar-refractivity contribution in [2.24, 2.45) is 0 Å². The Morgan fingerprint density at radius 2 is 2.00 bits per heavy atom.